The first-order chi connectivity index (χ1) is 7.95. The van der Waals surface area contributed by atoms with Gasteiger partial charge in [0, 0.05) is 29.6 Å². The number of aromatic nitrogens is 2. The van der Waals surface area contributed by atoms with E-state index in [1.807, 2.05) is 24.0 Å². The number of hydrogen-bond donors (Lipinski definition) is 2. The van der Waals surface area contributed by atoms with Crippen molar-refractivity contribution in [1.29, 1.82) is 0 Å². The van der Waals surface area contributed by atoms with E-state index in [4.69, 9.17) is 0 Å². The van der Waals surface area contributed by atoms with Crippen LogP contribution in [0, 0.1) is 0 Å². The third-order valence-corrected chi connectivity index (χ3v) is 3.15. The van der Waals surface area contributed by atoms with Gasteiger partial charge in [-0.2, -0.15) is 0 Å². The maximum Gasteiger partial charge on any atom is 0.120 e. The van der Waals surface area contributed by atoms with E-state index >= 15 is 0 Å². The molecule has 0 aliphatic heterocycles. The van der Waals surface area contributed by atoms with Crippen molar-refractivity contribution in [3.8, 4) is 0 Å². The number of hydrogen-bond acceptors (Lipinski definition) is 3. The minimum atomic E-state index is 0.808. The van der Waals surface area contributed by atoms with Crippen LogP contribution in [0.2, 0.25) is 0 Å². The fourth-order valence-corrected chi connectivity index (χ4v) is 2.19. The largest absolute Gasteiger partial charge is 0.348 e. The van der Waals surface area contributed by atoms with E-state index in [0.29, 0.717) is 0 Å². The van der Waals surface area contributed by atoms with Gasteiger partial charge in [0.15, 0.2) is 0 Å². The quantitative estimate of drug-likeness (QED) is 0.594. The SMILES string of the molecule is c1ccc(SCCNCc2ncc[nH]2)cc1. The molecule has 0 amide bonds. The average Bonchev–Trinajstić information content (AvgIpc) is 2.83. The Labute approximate surface area is 99.7 Å². The molecule has 0 unspecified atom stereocenters. The summed E-state index contributed by atoms with van der Waals surface area (Å²) in [4.78, 5) is 8.53. The van der Waals surface area contributed by atoms with E-state index in [9.17, 15) is 0 Å². The molecule has 0 fully saturated rings. The maximum absolute atomic E-state index is 4.15. The summed E-state index contributed by atoms with van der Waals surface area (Å²) in [6.07, 6.45) is 3.62. The Morgan fingerprint density at radius 3 is 2.88 bits per heavy atom. The van der Waals surface area contributed by atoms with Gasteiger partial charge < -0.3 is 10.3 Å². The zero-order valence-electron chi connectivity index (χ0n) is 9.02. The number of rotatable bonds is 6. The molecular weight excluding hydrogens is 218 g/mol. The van der Waals surface area contributed by atoms with E-state index in [1.165, 1.54) is 4.90 Å². The average molecular weight is 233 g/mol. The molecule has 2 N–H and O–H groups in total. The molecule has 4 heteroatoms. The lowest BCUT2D eigenvalue weighted by molar-refractivity contribution is 0.702. The Morgan fingerprint density at radius 1 is 1.25 bits per heavy atom. The van der Waals surface area contributed by atoms with Gasteiger partial charge in [-0.1, -0.05) is 18.2 Å². The van der Waals surface area contributed by atoms with Gasteiger partial charge in [0.05, 0.1) is 6.54 Å². The van der Waals surface area contributed by atoms with Crippen molar-refractivity contribution < 1.29 is 0 Å². The number of imidazole rings is 1. The highest BCUT2D eigenvalue weighted by atomic mass is 32.2. The Morgan fingerprint density at radius 2 is 2.12 bits per heavy atom. The molecule has 0 bridgehead atoms. The van der Waals surface area contributed by atoms with Crippen molar-refractivity contribution in [2.75, 3.05) is 12.3 Å². The van der Waals surface area contributed by atoms with Gasteiger partial charge in [0.1, 0.15) is 5.82 Å². The van der Waals surface area contributed by atoms with E-state index in [2.05, 4.69) is 39.6 Å². The number of nitrogens with one attached hydrogen (secondary N) is 2. The summed E-state index contributed by atoms with van der Waals surface area (Å²) in [6, 6.07) is 10.4. The van der Waals surface area contributed by atoms with E-state index in [1.54, 1.807) is 6.20 Å². The van der Waals surface area contributed by atoms with Gasteiger partial charge in [-0.25, -0.2) is 4.98 Å². The first-order valence-electron chi connectivity index (χ1n) is 5.32. The highest BCUT2D eigenvalue weighted by molar-refractivity contribution is 7.99. The summed E-state index contributed by atoms with van der Waals surface area (Å²) < 4.78 is 0. The monoisotopic (exact) mass is 233 g/mol. The van der Waals surface area contributed by atoms with E-state index in [0.717, 1.165) is 24.7 Å². The molecule has 0 atom stereocenters. The third kappa shape index (κ3) is 3.72. The maximum atomic E-state index is 4.15. The van der Waals surface area contributed by atoms with Crippen LogP contribution in [0.4, 0.5) is 0 Å². The lowest BCUT2D eigenvalue weighted by atomic mass is 10.4. The summed E-state index contributed by atoms with van der Waals surface area (Å²) in [5, 5.41) is 3.34. The van der Waals surface area contributed by atoms with Gasteiger partial charge in [-0.05, 0) is 12.1 Å². The Bertz CT molecular complexity index is 386. The van der Waals surface area contributed by atoms with Crippen molar-refractivity contribution in [2.24, 2.45) is 0 Å². The van der Waals surface area contributed by atoms with Crippen molar-refractivity contribution in [2.45, 2.75) is 11.4 Å². The molecule has 1 aromatic carbocycles. The molecular formula is C12H15N3S. The fourth-order valence-electron chi connectivity index (χ4n) is 1.36. The lowest BCUT2D eigenvalue weighted by Gasteiger charge is -2.02. The Hall–Kier alpha value is -1.26. The summed E-state index contributed by atoms with van der Waals surface area (Å²) in [7, 11) is 0. The molecule has 0 aliphatic carbocycles. The van der Waals surface area contributed by atoms with Crippen LogP contribution in [0.5, 0.6) is 0 Å². The third-order valence-electron chi connectivity index (χ3n) is 2.14. The van der Waals surface area contributed by atoms with Crippen molar-refractivity contribution in [3.05, 3.63) is 48.5 Å². The molecule has 2 aromatic rings. The van der Waals surface area contributed by atoms with Crippen molar-refractivity contribution in [3.63, 3.8) is 0 Å². The lowest BCUT2D eigenvalue weighted by Crippen LogP contribution is -2.17. The molecule has 0 spiro atoms. The van der Waals surface area contributed by atoms with Crippen LogP contribution in [-0.2, 0) is 6.54 Å². The molecule has 3 nitrogen and oxygen atoms in total. The van der Waals surface area contributed by atoms with Crippen molar-refractivity contribution >= 4 is 11.8 Å². The van der Waals surface area contributed by atoms with Crippen LogP contribution in [0.1, 0.15) is 5.82 Å². The molecule has 1 aromatic heterocycles. The molecule has 2 rings (SSSR count). The van der Waals surface area contributed by atoms with Gasteiger partial charge in [-0.15, -0.1) is 11.8 Å². The predicted molar refractivity (Wildman–Crippen MR) is 67.5 cm³/mol. The molecule has 1 heterocycles. The molecule has 0 saturated heterocycles. The van der Waals surface area contributed by atoms with Gasteiger partial charge in [0.25, 0.3) is 0 Å². The van der Waals surface area contributed by atoms with Gasteiger partial charge >= 0.3 is 0 Å². The van der Waals surface area contributed by atoms with Crippen LogP contribution in [-0.4, -0.2) is 22.3 Å². The molecule has 16 heavy (non-hydrogen) atoms. The van der Waals surface area contributed by atoms with Crippen LogP contribution in [0.25, 0.3) is 0 Å². The van der Waals surface area contributed by atoms with Gasteiger partial charge in [0.2, 0.25) is 0 Å². The number of aromatic amines is 1. The fraction of sp³-hybridized carbons (Fsp3) is 0.250. The molecule has 0 radical (unpaired) electrons. The molecule has 0 saturated carbocycles. The highest BCUT2D eigenvalue weighted by Gasteiger charge is 1.94. The van der Waals surface area contributed by atoms with Crippen LogP contribution < -0.4 is 5.32 Å². The van der Waals surface area contributed by atoms with Crippen LogP contribution >= 0.6 is 11.8 Å². The minimum Gasteiger partial charge on any atom is -0.348 e. The second kappa shape index (κ2) is 6.35. The normalized spacial score (nSPS) is 10.5. The molecule has 0 aliphatic rings. The Kier molecular flexibility index (Phi) is 4.46. The zero-order chi connectivity index (χ0) is 11.1. The summed E-state index contributed by atoms with van der Waals surface area (Å²) in [5.74, 6) is 2.06. The minimum absolute atomic E-state index is 0.808. The number of benzene rings is 1. The number of thioether (sulfide) groups is 1. The summed E-state index contributed by atoms with van der Waals surface area (Å²) >= 11 is 1.86. The molecule has 84 valence electrons. The Balaban J connectivity index is 1.59. The smallest absolute Gasteiger partial charge is 0.120 e. The summed E-state index contributed by atoms with van der Waals surface area (Å²) in [5.41, 5.74) is 0. The number of H-pyrrole nitrogens is 1. The first-order valence-corrected chi connectivity index (χ1v) is 6.30. The zero-order valence-corrected chi connectivity index (χ0v) is 9.83. The second-order valence-electron chi connectivity index (χ2n) is 3.37. The first kappa shape index (κ1) is 11.2. The van der Waals surface area contributed by atoms with Gasteiger partial charge in [-0.3, -0.25) is 0 Å². The second-order valence-corrected chi connectivity index (χ2v) is 4.54. The number of nitrogens with zero attached hydrogens (tertiary/aromatic N) is 1. The van der Waals surface area contributed by atoms with Crippen LogP contribution in [0.3, 0.4) is 0 Å². The standard InChI is InChI=1S/C12H15N3S/c1-2-4-11(5-3-1)16-9-8-13-10-12-14-6-7-15-12/h1-7,13H,8-10H2,(H,14,15). The summed E-state index contributed by atoms with van der Waals surface area (Å²) in [6.45, 7) is 1.79. The van der Waals surface area contributed by atoms with E-state index < -0.39 is 0 Å². The van der Waals surface area contributed by atoms with Crippen LogP contribution in [0.15, 0.2) is 47.6 Å². The highest BCUT2D eigenvalue weighted by Crippen LogP contribution is 2.15. The van der Waals surface area contributed by atoms with Crippen molar-refractivity contribution in [1.82, 2.24) is 15.3 Å². The topological polar surface area (TPSA) is 40.7 Å². The van der Waals surface area contributed by atoms with E-state index in [-0.39, 0.29) is 0 Å². The predicted octanol–water partition coefficient (Wildman–Crippen LogP) is 2.29.